The van der Waals surface area contributed by atoms with E-state index in [1.807, 2.05) is 54.6 Å². The first kappa shape index (κ1) is 21.5. The van der Waals surface area contributed by atoms with Crippen LogP contribution in [0.3, 0.4) is 0 Å². The van der Waals surface area contributed by atoms with Gasteiger partial charge in [-0.1, -0.05) is 35.5 Å². The summed E-state index contributed by atoms with van der Waals surface area (Å²) in [5.41, 5.74) is 2.92. The Hall–Kier alpha value is -3.68. The van der Waals surface area contributed by atoms with Crippen LogP contribution in [0.1, 0.15) is 12.1 Å². The number of aromatic nitrogens is 1. The van der Waals surface area contributed by atoms with Crippen molar-refractivity contribution < 1.29 is 14.0 Å². The van der Waals surface area contributed by atoms with E-state index < -0.39 is 0 Å². The maximum Gasteiger partial charge on any atom is 0.191 e. The SMILES string of the molecule is CN=C(NCc1cc(-c2ccccc2)on1)NC1CCN(c2cc(OC)cc(OC)c2)C1. The molecular formula is C24H29N5O3. The van der Waals surface area contributed by atoms with Gasteiger partial charge in [0.15, 0.2) is 11.7 Å². The number of guanidine groups is 1. The highest BCUT2D eigenvalue weighted by Gasteiger charge is 2.24. The monoisotopic (exact) mass is 435 g/mol. The normalized spacial score (nSPS) is 16.2. The highest BCUT2D eigenvalue weighted by molar-refractivity contribution is 5.80. The summed E-state index contributed by atoms with van der Waals surface area (Å²) in [5.74, 6) is 3.07. The first-order valence-corrected chi connectivity index (χ1v) is 10.6. The van der Waals surface area contributed by atoms with E-state index in [-0.39, 0.29) is 6.04 Å². The lowest BCUT2D eigenvalue weighted by molar-refractivity contribution is 0.394. The molecule has 3 aromatic rings. The van der Waals surface area contributed by atoms with Crippen molar-refractivity contribution in [3.63, 3.8) is 0 Å². The van der Waals surface area contributed by atoms with Crippen LogP contribution in [-0.4, -0.2) is 51.5 Å². The molecular weight excluding hydrogens is 406 g/mol. The maximum atomic E-state index is 5.47. The van der Waals surface area contributed by atoms with Crippen molar-refractivity contribution in [2.45, 2.75) is 19.0 Å². The molecule has 1 aliphatic heterocycles. The fourth-order valence-corrected chi connectivity index (χ4v) is 3.78. The Morgan fingerprint density at radius 2 is 1.88 bits per heavy atom. The third-order valence-corrected chi connectivity index (χ3v) is 5.51. The minimum atomic E-state index is 0.274. The molecule has 0 radical (unpaired) electrons. The van der Waals surface area contributed by atoms with Gasteiger partial charge in [0.25, 0.3) is 0 Å². The Bertz CT molecular complexity index is 1030. The minimum Gasteiger partial charge on any atom is -0.497 e. The van der Waals surface area contributed by atoms with Crippen LogP contribution in [-0.2, 0) is 6.54 Å². The van der Waals surface area contributed by atoms with Crippen molar-refractivity contribution >= 4 is 11.6 Å². The van der Waals surface area contributed by atoms with E-state index >= 15 is 0 Å². The lowest BCUT2D eigenvalue weighted by Gasteiger charge is -2.21. The summed E-state index contributed by atoms with van der Waals surface area (Å²) < 4.78 is 16.3. The second-order valence-electron chi connectivity index (χ2n) is 7.62. The number of nitrogens with one attached hydrogen (secondary N) is 2. The topological polar surface area (TPSA) is 84.2 Å². The molecule has 1 unspecified atom stereocenters. The predicted octanol–water partition coefficient (Wildman–Crippen LogP) is 3.30. The first-order valence-electron chi connectivity index (χ1n) is 10.6. The van der Waals surface area contributed by atoms with Crippen LogP contribution in [0.4, 0.5) is 5.69 Å². The van der Waals surface area contributed by atoms with E-state index in [9.17, 15) is 0 Å². The standard InChI is InChI=1S/C24H29N5O3/c1-25-24(26-15-19-11-23(32-28-19)17-7-5-4-6-8-17)27-18-9-10-29(16-18)20-12-21(30-2)14-22(13-20)31-3/h4-8,11-14,18H,9-10,15-16H2,1-3H3,(H2,25,26,27). The van der Waals surface area contributed by atoms with E-state index in [0.717, 1.165) is 59.7 Å². The molecule has 0 bridgehead atoms. The molecule has 0 aliphatic carbocycles. The third-order valence-electron chi connectivity index (χ3n) is 5.51. The fourth-order valence-electron chi connectivity index (χ4n) is 3.78. The zero-order chi connectivity index (χ0) is 22.3. The molecule has 32 heavy (non-hydrogen) atoms. The van der Waals surface area contributed by atoms with Crippen LogP contribution in [0.2, 0.25) is 0 Å². The van der Waals surface area contributed by atoms with Gasteiger partial charge in [-0.15, -0.1) is 0 Å². The van der Waals surface area contributed by atoms with Gasteiger partial charge in [0.2, 0.25) is 0 Å². The summed E-state index contributed by atoms with van der Waals surface area (Å²) in [7, 11) is 5.10. The molecule has 0 spiro atoms. The van der Waals surface area contributed by atoms with Crippen LogP contribution in [0, 0.1) is 0 Å². The molecule has 1 aliphatic rings. The van der Waals surface area contributed by atoms with Crippen LogP contribution < -0.4 is 25.0 Å². The van der Waals surface area contributed by atoms with Crippen molar-refractivity contribution in [2.24, 2.45) is 4.99 Å². The predicted molar refractivity (Wildman–Crippen MR) is 125 cm³/mol. The first-order chi connectivity index (χ1) is 15.7. The number of anilines is 1. The Labute approximate surface area is 188 Å². The van der Waals surface area contributed by atoms with Crippen LogP contribution in [0.5, 0.6) is 11.5 Å². The summed E-state index contributed by atoms with van der Waals surface area (Å²) in [6, 6.07) is 18.1. The summed E-state index contributed by atoms with van der Waals surface area (Å²) >= 11 is 0. The number of ether oxygens (including phenoxy) is 2. The zero-order valence-corrected chi connectivity index (χ0v) is 18.7. The van der Waals surface area contributed by atoms with Crippen LogP contribution in [0.25, 0.3) is 11.3 Å². The molecule has 168 valence electrons. The lowest BCUT2D eigenvalue weighted by Crippen LogP contribution is -2.44. The molecule has 2 aromatic carbocycles. The van der Waals surface area contributed by atoms with Crippen LogP contribution >= 0.6 is 0 Å². The number of aliphatic imine (C=N–C) groups is 1. The average molecular weight is 436 g/mol. The van der Waals surface area contributed by atoms with Gasteiger partial charge in [-0.05, 0) is 6.42 Å². The fraction of sp³-hybridized carbons (Fsp3) is 0.333. The van der Waals surface area contributed by atoms with Gasteiger partial charge in [0.05, 0.1) is 20.8 Å². The number of hydrogen-bond acceptors (Lipinski definition) is 6. The largest absolute Gasteiger partial charge is 0.497 e. The molecule has 2 N–H and O–H groups in total. The molecule has 2 heterocycles. The van der Waals surface area contributed by atoms with Gasteiger partial charge < -0.3 is 29.5 Å². The number of methoxy groups -OCH3 is 2. The van der Waals surface area contributed by atoms with E-state index in [0.29, 0.717) is 6.54 Å². The third kappa shape index (κ3) is 5.14. The van der Waals surface area contributed by atoms with Crippen molar-refractivity contribution in [3.05, 3.63) is 60.3 Å². The number of nitrogens with zero attached hydrogens (tertiary/aromatic N) is 3. The Kier molecular flexibility index (Phi) is 6.79. The van der Waals surface area contributed by atoms with Crippen molar-refractivity contribution in [3.8, 4) is 22.8 Å². The van der Waals surface area contributed by atoms with E-state index in [4.69, 9.17) is 14.0 Å². The van der Waals surface area contributed by atoms with Gasteiger partial charge in [-0.3, -0.25) is 4.99 Å². The second kappa shape index (κ2) is 10.1. The van der Waals surface area contributed by atoms with Crippen molar-refractivity contribution in [1.29, 1.82) is 0 Å². The number of rotatable bonds is 7. The van der Waals surface area contributed by atoms with E-state index in [2.05, 4.69) is 25.7 Å². The molecule has 0 saturated carbocycles. The summed E-state index contributed by atoms with van der Waals surface area (Å²) in [4.78, 5) is 6.68. The average Bonchev–Trinajstić information content (AvgIpc) is 3.52. The van der Waals surface area contributed by atoms with Crippen LogP contribution in [0.15, 0.2) is 64.1 Å². The van der Waals surface area contributed by atoms with Crippen molar-refractivity contribution in [1.82, 2.24) is 15.8 Å². The molecule has 4 rings (SSSR count). The molecule has 8 heteroatoms. The Morgan fingerprint density at radius 1 is 1.12 bits per heavy atom. The Balaban J connectivity index is 1.32. The number of benzene rings is 2. The molecule has 8 nitrogen and oxygen atoms in total. The summed E-state index contributed by atoms with van der Waals surface area (Å²) in [6.07, 6.45) is 1.00. The van der Waals surface area contributed by atoms with Crippen molar-refractivity contribution in [2.75, 3.05) is 39.3 Å². The van der Waals surface area contributed by atoms with Gasteiger partial charge in [0.1, 0.15) is 17.2 Å². The van der Waals surface area contributed by atoms with Gasteiger partial charge in [0, 0.05) is 61.7 Å². The second-order valence-corrected chi connectivity index (χ2v) is 7.62. The molecule has 1 fully saturated rings. The maximum absolute atomic E-state index is 5.47. The molecule has 0 amide bonds. The quantitative estimate of drug-likeness (QED) is 0.435. The van der Waals surface area contributed by atoms with Gasteiger partial charge in [-0.2, -0.15) is 0 Å². The molecule has 1 aromatic heterocycles. The van der Waals surface area contributed by atoms with E-state index in [1.165, 1.54) is 0 Å². The van der Waals surface area contributed by atoms with Gasteiger partial charge >= 0.3 is 0 Å². The molecule has 1 atom stereocenters. The highest BCUT2D eigenvalue weighted by Crippen LogP contribution is 2.30. The number of hydrogen-bond donors (Lipinski definition) is 2. The minimum absolute atomic E-state index is 0.274. The lowest BCUT2D eigenvalue weighted by atomic mass is 10.2. The molecule has 1 saturated heterocycles. The van der Waals surface area contributed by atoms with Gasteiger partial charge in [-0.25, -0.2) is 0 Å². The Morgan fingerprint density at radius 3 is 2.56 bits per heavy atom. The smallest absolute Gasteiger partial charge is 0.191 e. The summed E-state index contributed by atoms with van der Waals surface area (Å²) in [5, 5.41) is 11.0. The highest BCUT2D eigenvalue weighted by atomic mass is 16.5. The van der Waals surface area contributed by atoms with E-state index in [1.54, 1.807) is 21.3 Å². The zero-order valence-electron chi connectivity index (χ0n) is 18.7. The summed E-state index contributed by atoms with van der Waals surface area (Å²) in [6.45, 7) is 2.33.